The largest absolute Gasteiger partial charge is 0.395 e. The normalized spacial score (nSPS) is 10.2. The minimum Gasteiger partial charge on any atom is -0.395 e. The van der Waals surface area contributed by atoms with Crippen molar-refractivity contribution in [2.75, 3.05) is 11.1 Å². The van der Waals surface area contributed by atoms with Crippen LogP contribution in [0.15, 0.2) is 18.3 Å². The van der Waals surface area contributed by atoms with E-state index < -0.39 is 5.91 Å². The van der Waals surface area contributed by atoms with E-state index in [0.717, 1.165) is 0 Å². The number of carbonyl (C=O) groups is 1. The summed E-state index contributed by atoms with van der Waals surface area (Å²) >= 11 is 5.70. The summed E-state index contributed by atoms with van der Waals surface area (Å²) in [5.41, 5.74) is 7.38. The van der Waals surface area contributed by atoms with Crippen LogP contribution in [0, 0.1) is 6.92 Å². The molecule has 0 radical (unpaired) electrons. The molecule has 7 heteroatoms. The maximum atomic E-state index is 11.8. The third kappa shape index (κ3) is 2.36. The highest BCUT2D eigenvalue weighted by molar-refractivity contribution is 6.29. The van der Waals surface area contributed by atoms with Crippen LogP contribution in [0.1, 0.15) is 16.2 Å². The van der Waals surface area contributed by atoms with Gasteiger partial charge in [-0.25, -0.2) is 4.98 Å². The Balaban J connectivity index is 2.20. The SMILES string of the molecule is Cc1[nH]nc(C(=O)Nc2ccnc(Cl)c2)c1N. The van der Waals surface area contributed by atoms with Gasteiger partial charge in [0, 0.05) is 11.9 Å². The van der Waals surface area contributed by atoms with Gasteiger partial charge in [0.15, 0.2) is 5.69 Å². The lowest BCUT2D eigenvalue weighted by Crippen LogP contribution is -2.14. The van der Waals surface area contributed by atoms with Crippen LogP contribution in [-0.2, 0) is 0 Å². The maximum Gasteiger partial charge on any atom is 0.278 e. The third-order valence-electron chi connectivity index (χ3n) is 2.19. The molecule has 0 aliphatic rings. The van der Waals surface area contributed by atoms with Crippen LogP contribution in [-0.4, -0.2) is 21.1 Å². The van der Waals surface area contributed by atoms with Gasteiger partial charge in [0.1, 0.15) is 5.15 Å². The van der Waals surface area contributed by atoms with Gasteiger partial charge in [0.2, 0.25) is 0 Å². The lowest BCUT2D eigenvalue weighted by Gasteiger charge is -2.03. The van der Waals surface area contributed by atoms with E-state index in [1.807, 2.05) is 0 Å². The summed E-state index contributed by atoms with van der Waals surface area (Å²) in [5, 5.41) is 9.39. The Bertz CT molecular complexity index is 566. The number of aromatic amines is 1. The van der Waals surface area contributed by atoms with Crippen molar-refractivity contribution in [2.24, 2.45) is 0 Å². The highest BCUT2D eigenvalue weighted by Gasteiger charge is 2.15. The fourth-order valence-electron chi connectivity index (χ4n) is 1.28. The van der Waals surface area contributed by atoms with E-state index in [1.165, 1.54) is 12.3 Å². The van der Waals surface area contributed by atoms with E-state index in [-0.39, 0.29) is 5.69 Å². The summed E-state index contributed by atoms with van der Waals surface area (Å²) in [4.78, 5) is 15.6. The molecule has 0 bridgehead atoms. The highest BCUT2D eigenvalue weighted by Crippen LogP contribution is 2.16. The number of nitrogens with two attached hydrogens (primary N) is 1. The van der Waals surface area contributed by atoms with Gasteiger partial charge >= 0.3 is 0 Å². The number of aromatic nitrogens is 3. The summed E-state index contributed by atoms with van der Waals surface area (Å²) in [5.74, 6) is -0.394. The number of pyridine rings is 1. The van der Waals surface area contributed by atoms with Crippen molar-refractivity contribution in [3.05, 3.63) is 34.9 Å². The smallest absolute Gasteiger partial charge is 0.278 e. The highest BCUT2D eigenvalue weighted by atomic mass is 35.5. The van der Waals surface area contributed by atoms with Gasteiger partial charge < -0.3 is 11.1 Å². The molecule has 0 aliphatic carbocycles. The Hall–Kier alpha value is -2.08. The number of carbonyl (C=O) groups excluding carboxylic acids is 1. The van der Waals surface area contributed by atoms with Gasteiger partial charge in [-0.3, -0.25) is 9.89 Å². The quantitative estimate of drug-likeness (QED) is 0.706. The van der Waals surface area contributed by atoms with Crippen LogP contribution in [0.5, 0.6) is 0 Å². The molecule has 0 unspecified atom stereocenters. The van der Waals surface area contributed by atoms with Gasteiger partial charge in [0.05, 0.1) is 11.4 Å². The lowest BCUT2D eigenvalue weighted by molar-refractivity contribution is 0.102. The molecule has 0 spiro atoms. The molecule has 0 aromatic carbocycles. The Morgan fingerprint density at radius 2 is 2.35 bits per heavy atom. The fourth-order valence-corrected chi connectivity index (χ4v) is 1.46. The first-order valence-electron chi connectivity index (χ1n) is 4.81. The number of nitrogens with one attached hydrogen (secondary N) is 2. The van der Waals surface area contributed by atoms with Crippen LogP contribution in [0.4, 0.5) is 11.4 Å². The van der Waals surface area contributed by atoms with Gasteiger partial charge in [-0.1, -0.05) is 11.6 Å². The molecule has 2 heterocycles. The molecule has 6 nitrogen and oxygen atoms in total. The predicted octanol–water partition coefficient (Wildman–Crippen LogP) is 1.60. The summed E-state index contributed by atoms with van der Waals surface area (Å²) in [6.07, 6.45) is 1.50. The van der Waals surface area contributed by atoms with Crippen molar-refractivity contribution in [1.29, 1.82) is 0 Å². The number of hydrogen-bond acceptors (Lipinski definition) is 4. The zero-order valence-electron chi connectivity index (χ0n) is 8.99. The van der Waals surface area contributed by atoms with E-state index in [2.05, 4.69) is 20.5 Å². The first-order valence-corrected chi connectivity index (χ1v) is 5.19. The minimum atomic E-state index is -0.394. The number of H-pyrrole nitrogens is 1. The van der Waals surface area contributed by atoms with Crippen molar-refractivity contribution in [3.63, 3.8) is 0 Å². The van der Waals surface area contributed by atoms with E-state index in [1.54, 1.807) is 13.0 Å². The number of anilines is 2. The summed E-state index contributed by atoms with van der Waals surface area (Å²) in [6.45, 7) is 1.74. The van der Waals surface area contributed by atoms with E-state index in [0.29, 0.717) is 22.2 Å². The Morgan fingerprint density at radius 1 is 1.59 bits per heavy atom. The predicted molar refractivity (Wildman–Crippen MR) is 64.9 cm³/mol. The summed E-state index contributed by atoms with van der Waals surface area (Å²) in [7, 11) is 0. The fraction of sp³-hybridized carbons (Fsp3) is 0.100. The summed E-state index contributed by atoms with van der Waals surface area (Å²) < 4.78 is 0. The number of rotatable bonds is 2. The van der Waals surface area contributed by atoms with Gasteiger partial charge in [-0.05, 0) is 19.1 Å². The molecule has 0 saturated carbocycles. The number of amides is 1. The van der Waals surface area contributed by atoms with Crippen molar-refractivity contribution < 1.29 is 4.79 Å². The van der Waals surface area contributed by atoms with E-state index in [9.17, 15) is 4.79 Å². The third-order valence-corrected chi connectivity index (χ3v) is 2.40. The molecule has 0 fully saturated rings. The molecule has 2 aromatic rings. The average Bonchev–Trinajstić information content (AvgIpc) is 2.60. The zero-order valence-corrected chi connectivity index (χ0v) is 9.75. The Morgan fingerprint density at radius 3 is 2.94 bits per heavy atom. The second-order valence-corrected chi connectivity index (χ2v) is 3.82. The Labute approximate surface area is 102 Å². The van der Waals surface area contributed by atoms with Crippen molar-refractivity contribution >= 4 is 28.9 Å². The minimum absolute atomic E-state index is 0.162. The zero-order chi connectivity index (χ0) is 12.4. The average molecular weight is 252 g/mol. The van der Waals surface area contributed by atoms with Crippen LogP contribution in [0.25, 0.3) is 0 Å². The van der Waals surface area contributed by atoms with Crippen LogP contribution in [0.2, 0.25) is 5.15 Å². The molecule has 88 valence electrons. The van der Waals surface area contributed by atoms with Crippen LogP contribution < -0.4 is 11.1 Å². The monoisotopic (exact) mass is 251 g/mol. The number of nitrogens with zero attached hydrogens (tertiary/aromatic N) is 2. The van der Waals surface area contributed by atoms with Crippen molar-refractivity contribution in [3.8, 4) is 0 Å². The molecule has 0 atom stereocenters. The first kappa shape index (κ1) is 11.4. The van der Waals surface area contributed by atoms with Gasteiger partial charge in [-0.15, -0.1) is 0 Å². The number of nitrogen functional groups attached to an aromatic ring is 1. The van der Waals surface area contributed by atoms with Crippen molar-refractivity contribution in [2.45, 2.75) is 6.92 Å². The number of aryl methyl sites for hydroxylation is 1. The molecule has 2 aromatic heterocycles. The standard InChI is InChI=1S/C10H10ClN5O/c1-5-8(12)9(16-15-5)10(17)14-6-2-3-13-7(11)4-6/h2-4H,12H2,1H3,(H,15,16)(H,13,14,17). The van der Waals surface area contributed by atoms with Crippen molar-refractivity contribution in [1.82, 2.24) is 15.2 Å². The number of hydrogen-bond donors (Lipinski definition) is 3. The maximum absolute atomic E-state index is 11.8. The van der Waals surface area contributed by atoms with Gasteiger partial charge in [-0.2, -0.15) is 5.10 Å². The molecule has 0 saturated heterocycles. The van der Waals surface area contributed by atoms with E-state index >= 15 is 0 Å². The van der Waals surface area contributed by atoms with Gasteiger partial charge in [0.25, 0.3) is 5.91 Å². The van der Waals surface area contributed by atoms with E-state index in [4.69, 9.17) is 17.3 Å². The molecule has 0 aliphatic heterocycles. The first-order chi connectivity index (χ1) is 8.08. The Kier molecular flexibility index (Phi) is 2.97. The molecule has 2 rings (SSSR count). The van der Waals surface area contributed by atoms with Crippen LogP contribution in [0.3, 0.4) is 0 Å². The lowest BCUT2D eigenvalue weighted by atomic mass is 10.3. The number of halogens is 1. The summed E-state index contributed by atoms with van der Waals surface area (Å²) in [6, 6.07) is 3.16. The second-order valence-electron chi connectivity index (χ2n) is 3.43. The molecule has 1 amide bonds. The second kappa shape index (κ2) is 4.42. The topological polar surface area (TPSA) is 96.7 Å². The molecular weight excluding hydrogens is 242 g/mol. The van der Waals surface area contributed by atoms with Crippen LogP contribution >= 0.6 is 11.6 Å². The molecule has 4 N–H and O–H groups in total. The molecule has 17 heavy (non-hydrogen) atoms. The molecular formula is C10H10ClN5O.